The van der Waals surface area contributed by atoms with Crippen LogP contribution in [0.2, 0.25) is 10.0 Å². The Balaban J connectivity index is 2.38. The van der Waals surface area contributed by atoms with Gasteiger partial charge < -0.3 is 20.5 Å². The van der Waals surface area contributed by atoms with Gasteiger partial charge >= 0.3 is 0 Å². The number of anilines is 2. The highest BCUT2D eigenvalue weighted by Crippen LogP contribution is 2.33. The molecule has 0 saturated heterocycles. The molecule has 7 heteroatoms. The zero-order valence-corrected chi connectivity index (χ0v) is 13.5. The lowest BCUT2D eigenvalue weighted by molar-refractivity contribution is 0.102. The normalized spacial score (nSPS) is 10.2. The minimum atomic E-state index is -0.427. The Bertz CT molecular complexity index is 720. The summed E-state index contributed by atoms with van der Waals surface area (Å²) in [5, 5.41) is 3.30. The van der Waals surface area contributed by atoms with Crippen molar-refractivity contribution in [1.82, 2.24) is 0 Å². The number of nitrogens with two attached hydrogens (primary N) is 1. The second-order valence-corrected chi connectivity index (χ2v) is 5.23. The van der Waals surface area contributed by atoms with E-state index >= 15 is 0 Å². The van der Waals surface area contributed by atoms with Gasteiger partial charge in [0.2, 0.25) is 0 Å². The Hall–Kier alpha value is -2.11. The van der Waals surface area contributed by atoms with Crippen LogP contribution in [0.5, 0.6) is 11.5 Å². The van der Waals surface area contributed by atoms with Crippen LogP contribution in [0.3, 0.4) is 0 Å². The van der Waals surface area contributed by atoms with E-state index in [9.17, 15) is 4.79 Å². The molecule has 2 aromatic rings. The summed E-state index contributed by atoms with van der Waals surface area (Å²) in [5.74, 6) is 0.266. The molecule has 3 N–H and O–H groups in total. The maximum absolute atomic E-state index is 12.5. The summed E-state index contributed by atoms with van der Waals surface area (Å²) in [6, 6.07) is 7.89. The van der Waals surface area contributed by atoms with Gasteiger partial charge in [0.15, 0.2) is 0 Å². The molecule has 22 heavy (non-hydrogen) atoms. The molecule has 116 valence electrons. The summed E-state index contributed by atoms with van der Waals surface area (Å²) in [4.78, 5) is 12.5. The fourth-order valence-corrected chi connectivity index (χ4v) is 2.51. The van der Waals surface area contributed by atoms with Crippen molar-refractivity contribution in [2.24, 2.45) is 0 Å². The van der Waals surface area contributed by atoms with Crippen molar-refractivity contribution >= 4 is 40.5 Å². The third kappa shape index (κ3) is 3.37. The fraction of sp³-hybridized carbons (Fsp3) is 0.133. The lowest BCUT2D eigenvalue weighted by Gasteiger charge is -2.13. The SMILES string of the molecule is COc1cc(N)ccc1NC(=O)c1cc(Cl)cc(Cl)c1OC. The van der Waals surface area contributed by atoms with Gasteiger partial charge in [-0.2, -0.15) is 0 Å². The van der Waals surface area contributed by atoms with E-state index in [1.54, 1.807) is 18.2 Å². The molecule has 2 rings (SSSR count). The Labute approximate surface area is 137 Å². The van der Waals surface area contributed by atoms with E-state index < -0.39 is 5.91 Å². The van der Waals surface area contributed by atoms with E-state index in [2.05, 4.69) is 5.32 Å². The number of carbonyl (C=O) groups is 1. The van der Waals surface area contributed by atoms with E-state index in [0.29, 0.717) is 22.1 Å². The van der Waals surface area contributed by atoms with Crippen molar-refractivity contribution in [1.29, 1.82) is 0 Å². The average molecular weight is 341 g/mol. The molecule has 0 radical (unpaired) electrons. The summed E-state index contributed by atoms with van der Waals surface area (Å²) in [7, 11) is 2.91. The number of benzene rings is 2. The maximum atomic E-state index is 12.5. The predicted molar refractivity (Wildman–Crippen MR) is 88.4 cm³/mol. The van der Waals surface area contributed by atoms with Crippen LogP contribution in [0.1, 0.15) is 10.4 Å². The lowest BCUT2D eigenvalue weighted by atomic mass is 10.1. The lowest BCUT2D eigenvalue weighted by Crippen LogP contribution is -2.14. The summed E-state index contributed by atoms with van der Waals surface area (Å²) in [6.07, 6.45) is 0. The summed E-state index contributed by atoms with van der Waals surface area (Å²) in [5.41, 5.74) is 6.90. The molecular weight excluding hydrogens is 327 g/mol. The van der Waals surface area contributed by atoms with Crippen molar-refractivity contribution < 1.29 is 14.3 Å². The van der Waals surface area contributed by atoms with Gasteiger partial charge in [-0.3, -0.25) is 4.79 Å². The van der Waals surface area contributed by atoms with Gasteiger partial charge in [-0.1, -0.05) is 23.2 Å². The largest absolute Gasteiger partial charge is 0.494 e. The second-order valence-electron chi connectivity index (χ2n) is 4.38. The molecule has 5 nitrogen and oxygen atoms in total. The standard InChI is InChI=1S/C15H14Cl2N2O3/c1-21-13-7-9(18)3-4-12(13)19-15(20)10-5-8(16)6-11(17)14(10)22-2/h3-7H,18H2,1-2H3,(H,19,20). The molecule has 0 heterocycles. The zero-order chi connectivity index (χ0) is 16.3. The summed E-state index contributed by atoms with van der Waals surface area (Å²) < 4.78 is 10.4. The Kier molecular flexibility index (Phi) is 5.00. The topological polar surface area (TPSA) is 73.6 Å². The molecule has 1 amide bonds. The molecule has 0 aliphatic carbocycles. The first kappa shape index (κ1) is 16.3. The van der Waals surface area contributed by atoms with E-state index in [0.717, 1.165) is 0 Å². The first-order chi connectivity index (χ1) is 10.5. The Morgan fingerprint density at radius 3 is 2.50 bits per heavy atom. The number of methoxy groups -OCH3 is 2. The summed E-state index contributed by atoms with van der Waals surface area (Å²) in [6.45, 7) is 0. The molecular formula is C15H14Cl2N2O3. The smallest absolute Gasteiger partial charge is 0.259 e. The van der Waals surface area contributed by atoms with Crippen LogP contribution in [0, 0.1) is 0 Å². The van der Waals surface area contributed by atoms with E-state index in [1.165, 1.54) is 26.4 Å². The van der Waals surface area contributed by atoms with Crippen molar-refractivity contribution in [3.05, 3.63) is 45.9 Å². The Morgan fingerprint density at radius 1 is 1.14 bits per heavy atom. The molecule has 0 fully saturated rings. The van der Waals surface area contributed by atoms with Gasteiger partial charge in [0.05, 0.1) is 30.5 Å². The zero-order valence-electron chi connectivity index (χ0n) is 11.9. The highest BCUT2D eigenvalue weighted by Gasteiger charge is 2.18. The number of nitrogens with one attached hydrogen (secondary N) is 1. The first-order valence-corrected chi connectivity index (χ1v) is 6.99. The van der Waals surface area contributed by atoms with Crippen LogP contribution in [0.25, 0.3) is 0 Å². The number of nitrogen functional groups attached to an aromatic ring is 1. The average Bonchev–Trinajstić information content (AvgIpc) is 2.48. The highest BCUT2D eigenvalue weighted by molar-refractivity contribution is 6.36. The van der Waals surface area contributed by atoms with E-state index in [4.69, 9.17) is 38.4 Å². The number of hydrogen-bond donors (Lipinski definition) is 2. The summed E-state index contributed by atoms with van der Waals surface area (Å²) >= 11 is 12.0. The maximum Gasteiger partial charge on any atom is 0.259 e. The number of carbonyl (C=O) groups excluding carboxylic acids is 1. The van der Waals surface area contributed by atoms with E-state index in [-0.39, 0.29) is 16.3 Å². The van der Waals surface area contributed by atoms with Gasteiger partial charge in [-0.05, 0) is 24.3 Å². The monoisotopic (exact) mass is 340 g/mol. The molecule has 0 aliphatic heterocycles. The minimum Gasteiger partial charge on any atom is -0.494 e. The van der Waals surface area contributed by atoms with Crippen LogP contribution in [0.15, 0.2) is 30.3 Å². The molecule has 0 aromatic heterocycles. The van der Waals surface area contributed by atoms with Crippen molar-refractivity contribution in [3.63, 3.8) is 0 Å². The minimum absolute atomic E-state index is 0.221. The number of ether oxygens (including phenoxy) is 2. The van der Waals surface area contributed by atoms with Crippen LogP contribution >= 0.6 is 23.2 Å². The third-order valence-electron chi connectivity index (χ3n) is 2.93. The van der Waals surface area contributed by atoms with Gasteiger partial charge in [0.25, 0.3) is 5.91 Å². The van der Waals surface area contributed by atoms with E-state index in [1.807, 2.05) is 0 Å². The van der Waals surface area contributed by atoms with Gasteiger partial charge in [0, 0.05) is 16.8 Å². The first-order valence-electron chi connectivity index (χ1n) is 6.24. The third-order valence-corrected chi connectivity index (χ3v) is 3.43. The van der Waals surface area contributed by atoms with Gasteiger partial charge in [0.1, 0.15) is 11.5 Å². The van der Waals surface area contributed by atoms with Gasteiger partial charge in [-0.15, -0.1) is 0 Å². The molecule has 0 unspecified atom stereocenters. The fourth-order valence-electron chi connectivity index (χ4n) is 1.94. The molecule has 0 bridgehead atoms. The number of halogens is 2. The van der Waals surface area contributed by atoms with Crippen LogP contribution in [0.4, 0.5) is 11.4 Å². The molecule has 2 aromatic carbocycles. The molecule has 0 spiro atoms. The van der Waals surface area contributed by atoms with Gasteiger partial charge in [-0.25, -0.2) is 0 Å². The van der Waals surface area contributed by atoms with Crippen molar-refractivity contribution in [2.45, 2.75) is 0 Å². The van der Waals surface area contributed by atoms with Crippen LogP contribution < -0.4 is 20.5 Å². The predicted octanol–water partition coefficient (Wildman–Crippen LogP) is 3.85. The number of amides is 1. The number of rotatable bonds is 4. The molecule has 0 aliphatic rings. The van der Waals surface area contributed by atoms with Crippen molar-refractivity contribution in [2.75, 3.05) is 25.3 Å². The second kappa shape index (κ2) is 6.77. The Morgan fingerprint density at radius 2 is 1.86 bits per heavy atom. The van der Waals surface area contributed by atoms with Crippen LogP contribution in [-0.2, 0) is 0 Å². The molecule has 0 atom stereocenters. The highest BCUT2D eigenvalue weighted by atomic mass is 35.5. The van der Waals surface area contributed by atoms with Crippen molar-refractivity contribution in [3.8, 4) is 11.5 Å². The van der Waals surface area contributed by atoms with Crippen LogP contribution in [-0.4, -0.2) is 20.1 Å². The quantitative estimate of drug-likeness (QED) is 0.829. The number of hydrogen-bond acceptors (Lipinski definition) is 4. The molecule has 0 saturated carbocycles.